The molecule has 3 heterocycles. The second kappa shape index (κ2) is 7.16. The summed E-state index contributed by atoms with van der Waals surface area (Å²) in [5.74, 6) is 6.03. The lowest BCUT2D eigenvalue weighted by atomic mass is 10.2. The van der Waals surface area contributed by atoms with Crippen molar-refractivity contribution in [2.75, 3.05) is 31.5 Å². The van der Waals surface area contributed by atoms with Gasteiger partial charge in [-0.3, -0.25) is 10.7 Å². The first-order chi connectivity index (χ1) is 12.6. The van der Waals surface area contributed by atoms with Gasteiger partial charge >= 0.3 is 0 Å². The molecule has 1 aliphatic heterocycles. The molecule has 0 radical (unpaired) electrons. The van der Waals surface area contributed by atoms with E-state index in [9.17, 15) is 4.39 Å². The number of hydrogen-bond donors (Lipinski definition) is 2. The maximum atomic E-state index is 13.4. The smallest absolute Gasteiger partial charge is 0.158 e. The minimum absolute atomic E-state index is 0.0651. The van der Waals surface area contributed by atoms with Crippen LogP contribution in [0.25, 0.3) is 5.52 Å². The molecule has 0 amide bonds. The zero-order valence-electron chi connectivity index (χ0n) is 14.1. The minimum atomic E-state index is -0.451. The van der Waals surface area contributed by atoms with E-state index in [2.05, 4.69) is 20.3 Å². The van der Waals surface area contributed by atoms with Crippen LogP contribution < -0.4 is 11.2 Å². The van der Waals surface area contributed by atoms with E-state index in [1.807, 2.05) is 17.3 Å². The number of hydrazine groups is 1. The predicted molar refractivity (Wildman–Crippen MR) is 98.7 cm³/mol. The molecular weight excluding hydrogens is 357 g/mol. The molecule has 136 valence electrons. The highest BCUT2D eigenvalue weighted by atomic mass is 35.5. The van der Waals surface area contributed by atoms with Gasteiger partial charge in [0.2, 0.25) is 0 Å². The first-order valence-corrected chi connectivity index (χ1v) is 8.73. The van der Waals surface area contributed by atoms with Crippen molar-refractivity contribution in [3.8, 4) is 0 Å². The number of rotatable bonds is 4. The molecule has 4 rings (SSSR count). The lowest BCUT2D eigenvalue weighted by Gasteiger charge is -2.31. The van der Waals surface area contributed by atoms with Crippen molar-refractivity contribution in [3.05, 3.63) is 53.2 Å². The summed E-state index contributed by atoms with van der Waals surface area (Å²) in [7, 11) is 0. The lowest BCUT2D eigenvalue weighted by molar-refractivity contribution is 0.129. The van der Waals surface area contributed by atoms with Crippen molar-refractivity contribution in [1.82, 2.24) is 24.5 Å². The van der Waals surface area contributed by atoms with Crippen LogP contribution in [0.5, 0.6) is 0 Å². The van der Waals surface area contributed by atoms with Gasteiger partial charge in [0.1, 0.15) is 17.7 Å². The van der Waals surface area contributed by atoms with Gasteiger partial charge in [0.25, 0.3) is 0 Å². The van der Waals surface area contributed by atoms with Crippen molar-refractivity contribution in [2.45, 2.75) is 6.54 Å². The summed E-state index contributed by atoms with van der Waals surface area (Å²) in [6.45, 7) is 4.31. The molecule has 3 aromatic rings. The molecule has 0 atom stereocenters. The standard InChI is InChI=1S/C17H19ClFN7/c18-14-9-13(1-2-15(14)19)23-17-16-12(3-4-26(16)22-11-21-17)10-24-5-7-25(20)8-6-24/h1-4,9,11H,5-8,10,20H2,(H,21,22,23). The Kier molecular flexibility index (Phi) is 4.73. The first kappa shape index (κ1) is 17.2. The van der Waals surface area contributed by atoms with E-state index >= 15 is 0 Å². The molecule has 7 nitrogen and oxygen atoms in total. The zero-order valence-corrected chi connectivity index (χ0v) is 14.8. The minimum Gasteiger partial charge on any atom is -0.338 e. The van der Waals surface area contributed by atoms with E-state index in [1.165, 1.54) is 12.4 Å². The fraction of sp³-hybridized carbons (Fsp3) is 0.294. The van der Waals surface area contributed by atoms with Gasteiger partial charge in [0, 0.05) is 44.6 Å². The second-order valence-corrected chi connectivity index (χ2v) is 6.72. The van der Waals surface area contributed by atoms with Crippen LogP contribution in [0.2, 0.25) is 5.02 Å². The summed E-state index contributed by atoms with van der Waals surface area (Å²) >= 11 is 5.88. The van der Waals surface area contributed by atoms with Gasteiger partial charge in [-0.05, 0) is 29.8 Å². The van der Waals surface area contributed by atoms with Crippen LogP contribution in [0.1, 0.15) is 5.56 Å². The highest BCUT2D eigenvalue weighted by Crippen LogP contribution is 2.26. The van der Waals surface area contributed by atoms with Crippen LogP contribution in [0, 0.1) is 5.82 Å². The van der Waals surface area contributed by atoms with Gasteiger partial charge in [-0.1, -0.05) is 11.6 Å². The molecular formula is C17H19ClFN7. The molecule has 9 heteroatoms. The topological polar surface area (TPSA) is 74.7 Å². The molecule has 1 fully saturated rings. The fourth-order valence-electron chi connectivity index (χ4n) is 3.11. The van der Waals surface area contributed by atoms with E-state index in [1.54, 1.807) is 16.6 Å². The summed E-state index contributed by atoms with van der Waals surface area (Å²) in [4.78, 5) is 6.72. The van der Waals surface area contributed by atoms with Crippen LogP contribution in [-0.2, 0) is 6.54 Å². The highest BCUT2D eigenvalue weighted by Gasteiger charge is 2.18. The third-order valence-electron chi connectivity index (χ3n) is 4.52. The van der Waals surface area contributed by atoms with Crippen molar-refractivity contribution < 1.29 is 4.39 Å². The molecule has 0 spiro atoms. The van der Waals surface area contributed by atoms with E-state index in [-0.39, 0.29) is 5.02 Å². The number of halogens is 2. The van der Waals surface area contributed by atoms with Gasteiger partial charge in [0.15, 0.2) is 5.82 Å². The zero-order chi connectivity index (χ0) is 18.1. The van der Waals surface area contributed by atoms with Gasteiger partial charge < -0.3 is 5.32 Å². The number of nitrogens with one attached hydrogen (secondary N) is 1. The quantitative estimate of drug-likeness (QED) is 0.681. The molecule has 26 heavy (non-hydrogen) atoms. The van der Waals surface area contributed by atoms with Gasteiger partial charge in [-0.2, -0.15) is 5.10 Å². The predicted octanol–water partition coefficient (Wildman–Crippen LogP) is 2.26. The number of fused-ring (bicyclic) bond motifs is 1. The van der Waals surface area contributed by atoms with Gasteiger partial charge in [-0.25, -0.2) is 18.9 Å². The Morgan fingerprint density at radius 1 is 1.19 bits per heavy atom. The lowest BCUT2D eigenvalue weighted by Crippen LogP contribution is -2.48. The summed E-state index contributed by atoms with van der Waals surface area (Å²) in [5.41, 5.74) is 2.68. The Hall–Kier alpha value is -2.26. The van der Waals surface area contributed by atoms with E-state index in [0.717, 1.165) is 43.8 Å². The average molecular weight is 376 g/mol. The molecule has 0 unspecified atom stereocenters. The first-order valence-electron chi connectivity index (χ1n) is 8.35. The number of piperazine rings is 1. The van der Waals surface area contributed by atoms with Gasteiger partial charge in [-0.15, -0.1) is 0 Å². The number of nitrogens with zero attached hydrogens (tertiary/aromatic N) is 5. The number of benzene rings is 1. The maximum Gasteiger partial charge on any atom is 0.158 e. The second-order valence-electron chi connectivity index (χ2n) is 6.31. The average Bonchev–Trinajstić information content (AvgIpc) is 3.04. The van der Waals surface area contributed by atoms with Crippen molar-refractivity contribution in [1.29, 1.82) is 0 Å². The molecule has 3 N–H and O–H groups in total. The van der Waals surface area contributed by atoms with Crippen LogP contribution in [0.4, 0.5) is 15.9 Å². The summed E-state index contributed by atoms with van der Waals surface area (Å²) in [6.07, 6.45) is 3.39. The van der Waals surface area contributed by atoms with Gasteiger partial charge in [0.05, 0.1) is 5.02 Å². The van der Waals surface area contributed by atoms with Crippen molar-refractivity contribution in [2.24, 2.45) is 5.84 Å². The molecule has 0 bridgehead atoms. The van der Waals surface area contributed by atoms with Crippen LogP contribution in [0.3, 0.4) is 0 Å². The van der Waals surface area contributed by atoms with Crippen molar-refractivity contribution >= 4 is 28.6 Å². The van der Waals surface area contributed by atoms with E-state index < -0.39 is 5.82 Å². The SMILES string of the molecule is NN1CCN(Cc2ccn3ncnc(Nc4ccc(F)c(Cl)c4)c23)CC1. The summed E-state index contributed by atoms with van der Waals surface area (Å²) < 4.78 is 15.2. The van der Waals surface area contributed by atoms with Crippen LogP contribution >= 0.6 is 11.6 Å². The van der Waals surface area contributed by atoms with Crippen LogP contribution in [0.15, 0.2) is 36.8 Å². The number of anilines is 2. The molecule has 1 saturated heterocycles. The Morgan fingerprint density at radius 2 is 2.00 bits per heavy atom. The number of hydrogen-bond acceptors (Lipinski definition) is 6. The third-order valence-corrected chi connectivity index (χ3v) is 4.81. The highest BCUT2D eigenvalue weighted by molar-refractivity contribution is 6.31. The van der Waals surface area contributed by atoms with Crippen molar-refractivity contribution in [3.63, 3.8) is 0 Å². The monoisotopic (exact) mass is 375 g/mol. The molecule has 0 aliphatic carbocycles. The molecule has 2 aromatic heterocycles. The Labute approximate surface area is 155 Å². The number of aromatic nitrogens is 3. The summed E-state index contributed by atoms with van der Waals surface area (Å²) in [6, 6.07) is 6.54. The molecule has 0 saturated carbocycles. The Morgan fingerprint density at radius 3 is 2.77 bits per heavy atom. The Bertz CT molecular complexity index is 921. The van der Waals surface area contributed by atoms with E-state index in [4.69, 9.17) is 17.4 Å². The maximum absolute atomic E-state index is 13.4. The largest absolute Gasteiger partial charge is 0.338 e. The molecule has 1 aliphatic rings. The Balaban J connectivity index is 1.62. The van der Waals surface area contributed by atoms with E-state index in [0.29, 0.717) is 11.5 Å². The molecule has 1 aromatic carbocycles. The fourth-order valence-corrected chi connectivity index (χ4v) is 3.29. The summed E-state index contributed by atoms with van der Waals surface area (Å²) in [5, 5.41) is 9.39. The number of nitrogens with two attached hydrogens (primary N) is 1. The van der Waals surface area contributed by atoms with Crippen LogP contribution in [-0.4, -0.2) is 50.7 Å². The normalized spacial score (nSPS) is 16.3. The third kappa shape index (κ3) is 3.49.